The van der Waals surface area contributed by atoms with Gasteiger partial charge in [-0.15, -0.1) is 0 Å². The molecule has 1 unspecified atom stereocenters. The summed E-state index contributed by atoms with van der Waals surface area (Å²) in [6.45, 7) is 3.05. The number of carbonyl (C=O) groups is 1. The van der Waals surface area contributed by atoms with Crippen LogP contribution in [0.5, 0.6) is 23.0 Å². The number of aryl methyl sites for hydroxylation is 1. The first-order valence-electron chi connectivity index (χ1n) is 11.3. The number of aromatic nitrogens is 1. The van der Waals surface area contributed by atoms with Gasteiger partial charge in [0.2, 0.25) is 5.52 Å². The quantitative estimate of drug-likeness (QED) is 0.158. The first-order chi connectivity index (χ1) is 17.5. The molecule has 2 aromatic carbocycles. The lowest BCUT2D eigenvalue weighted by molar-refractivity contribution is -0.518. The highest BCUT2D eigenvalue weighted by molar-refractivity contribution is 7.87. The van der Waals surface area contributed by atoms with E-state index < -0.39 is 21.3 Å². The average Bonchev–Trinajstić information content (AvgIpc) is 2.89. The Morgan fingerprint density at radius 2 is 1.35 bits per heavy atom. The summed E-state index contributed by atoms with van der Waals surface area (Å²) in [7, 11) is 2.23. The van der Waals surface area contributed by atoms with E-state index in [1.165, 1.54) is 5.69 Å². The van der Waals surface area contributed by atoms with E-state index in [1.54, 1.807) is 28.4 Å². The molecular formula is C26H30NO9S+. The molecule has 2 N–H and O–H groups in total. The molecule has 0 aliphatic heterocycles. The van der Waals surface area contributed by atoms with Gasteiger partial charge in [-0.25, -0.2) is 0 Å². The fourth-order valence-corrected chi connectivity index (χ4v) is 4.29. The number of rotatable bonds is 7. The molecule has 4 rings (SSSR count). The molecule has 0 amide bonds. The van der Waals surface area contributed by atoms with Gasteiger partial charge in [0.25, 0.3) is 10.1 Å². The fraction of sp³-hybridized carbons (Fsp3) is 0.308. The molecule has 0 spiro atoms. The molecule has 2 heterocycles. The number of benzene rings is 2. The lowest BCUT2D eigenvalue weighted by atomic mass is 10.0. The highest BCUT2D eigenvalue weighted by Crippen LogP contribution is 2.36. The standard InChI is InChI=1S/C23H24NO4.C3H6O5S/c1-6-18-17-13-23(28-5)21(26-3)11-15(17)9-19-16-12-22(27-4)20(25-2)10-14(16)7-8-24(18)19;1-2(3(4)5)9(6,7)8/h7-13H,6H2,1-5H3;2H,1H3,(H,4,5)(H,6,7,8)/q+1;. The van der Waals surface area contributed by atoms with Crippen molar-refractivity contribution in [1.82, 2.24) is 0 Å². The van der Waals surface area contributed by atoms with Crippen molar-refractivity contribution >= 4 is 43.1 Å². The normalized spacial score (nSPS) is 12.1. The molecular weight excluding hydrogens is 502 g/mol. The van der Waals surface area contributed by atoms with Gasteiger partial charge in [0.15, 0.2) is 40.1 Å². The monoisotopic (exact) mass is 532 g/mol. The third-order valence-electron chi connectivity index (χ3n) is 6.07. The first kappa shape index (κ1) is 27.8. The van der Waals surface area contributed by atoms with Crippen LogP contribution in [-0.4, -0.2) is 57.7 Å². The maximum Gasteiger partial charge on any atom is 0.324 e. The number of aliphatic carboxylic acids is 1. The summed E-state index contributed by atoms with van der Waals surface area (Å²) in [5.41, 5.74) is 2.32. The van der Waals surface area contributed by atoms with Crippen molar-refractivity contribution in [2.24, 2.45) is 0 Å². The molecule has 0 fully saturated rings. The van der Waals surface area contributed by atoms with Crippen molar-refractivity contribution in [3.8, 4) is 23.0 Å². The van der Waals surface area contributed by atoms with Crippen molar-refractivity contribution in [1.29, 1.82) is 0 Å². The van der Waals surface area contributed by atoms with Gasteiger partial charge < -0.3 is 24.1 Å². The van der Waals surface area contributed by atoms with Crippen molar-refractivity contribution in [2.45, 2.75) is 25.5 Å². The van der Waals surface area contributed by atoms with E-state index in [4.69, 9.17) is 28.6 Å². The molecule has 4 aromatic rings. The average molecular weight is 533 g/mol. The smallest absolute Gasteiger partial charge is 0.324 e. The van der Waals surface area contributed by atoms with Crippen LogP contribution in [0.2, 0.25) is 0 Å². The van der Waals surface area contributed by atoms with Crippen LogP contribution in [0.1, 0.15) is 19.5 Å². The second-order valence-electron chi connectivity index (χ2n) is 8.10. The molecule has 37 heavy (non-hydrogen) atoms. The van der Waals surface area contributed by atoms with Crippen LogP contribution >= 0.6 is 0 Å². The Morgan fingerprint density at radius 3 is 1.78 bits per heavy atom. The van der Waals surface area contributed by atoms with E-state index in [1.807, 2.05) is 18.2 Å². The molecule has 0 saturated heterocycles. The largest absolute Gasteiger partial charge is 0.493 e. The second kappa shape index (κ2) is 11.1. The number of nitrogens with zero attached hydrogens (tertiary/aromatic N) is 1. The number of pyridine rings is 2. The lowest BCUT2D eigenvalue weighted by Gasteiger charge is -2.12. The van der Waals surface area contributed by atoms with Crippen LogP contribution in [0.3, 0.4) is 0 Å². The predicted molar refractivity (Wildman–Crippen MR) is 139 cm³/mol. The third-order valence-corrected chi connectivity index (χ3v) is 7.17. The van der Waals surface area contributed by atoms with Crippen molar-refractivity contribution < 1.29 is 46.2 Å². The van der Waals surface area contributed by atoms with Crippen molar-refractivity contribution in [3.63, 3.8) is 0 Å². The molecule has 0 radical (unpaired) electrons. The van der Waals surface area contributed by atoms with Gasteiger partial charge in [-0.3, -0.25) is 9.35 Å². The Hall–Kier alpha value is -3.83. The van der Waals surface area contributed by atoms with E-state index >= 15 is 0 Å². The third kappa shape index (κ3) is 5.47. The Labute approximate surface area is 214 Å². The minimum atomic E-state index is -4.40. The van der Waals surface area contributed by atoms with Crippen molar-refractivity contribution in [3.05, 3.63) is 48.3 Å². The lowest BCUT2D eigenvalue weighted by Crippen LogP contribution is -2.27. The summed E-state index contributed by atoms with van der Waals surface area (Å²) in [5, 5.41) is 10.7. The van der Waals surface area contributed by atoms with Gasteiger partial charge in [0.1, 0.15) is 0 Å². The van der Waals surface area contributed by atoms with Gasteiger partial charge in [0.05, 0.1) is 39.2 Å². The van der Waals surface area contributed by atoms with Gasteiger partial charge in [-0.1, -0.05) is 6.92 Å². The molecule has 0 saturated carbocycles. The molecule has 0 bridgehead atoms. The Bertz CT molecular complexity index is 1580. The van der Waals surface area contributed by atoms with Gasteiger partial charge in [-0.05, 0) is 42.0 Å². The zero-order valence-corrected chi connectivity index (χ0v) is 22.3. The van der Waals surface area contributed by atoms with Crippen LogP contribution in [0.25, 0.3) is 27.1 Å². The zero-order valence-electron chi connectivity index (χ0n) is 21.4. The van der Waals surface area contributed by atoms with Crippen LogP contribution in [0.15, 0.2) is 42.6 Å². The Morgan fingerprint density at radius 1 is 0.865 bits per heavy atom. The van der Waals surface area contributed by atoms with Crippen LogP contribution in [0, 0.1) is 0 Å². The highest BCUT2D eigenvalue weighted by Gasteiger charge is 2.24. The zero-order chi connectivity index (χ0) is 27.5. The number of ether oxygens (including phenoxy) is 4. The van der Waals surface area contributed by atoms with E-state index in [0.717, 1.165) is 57.7 Å². The molecule has 0 aliphatic carbocycles. The van der Waals surface area contributed by atoms with Gasteiger partial charge in [0, 0.05) is 18.6 Å². The van der Waals surface area contributed by atoms with E-state index in [-0.39, 0.29) is 0 Å². The van der Waals surface area contributed by atoms with Gasteiger partial charge >= 0.3 is 5.97 Å². The van der Waals surface area contributed by atoms with Crippen LogP contribution in [-0.2, 0) is 21.3 Å². The first-order valence-corrected chi connectivity index (χ1v) is 12.8. The second-order valence-corrected chi connectivity index (χ2v) is 9.84. The van der Waals surface area contributed by atoms with E-state index in [9.17, 15) is 13.2 Å². The fourth-order valence-electron chi connectivity index (χ4n) is 4.03. The summed E-state index contributed by atoms with van der Waals surface area (Å²) >= 11 is 0. The number of carboxylic acid groups (broad SMARTS) is 1. The predicted octanol–water partition coefficient (Wildman–Crippen LogP) is 3.68. The van der Waals surface area contributed by atoms with Crippen LogP contribution in [0.4, 0.5) is 0 Å². The minimum absolute atomic E-state index is 0.716. The highest BCUT2D eigenvalue weighted by atomic mass is 32.2. The molecule has 10 nitrogen and oxygen atoms in total. The topological polar surface area (TPSA) is 133 Å². The molecule has 1 atom stereocenters. The molecule has 0 aliphatic rings. The summed E-state index contributed by atoms with van der Waals surface area (Å²) in [6.07, 6.45) is 2.99. The van der Waals surface area contributed by atoms with E-state index in [2.05, 4.69) is 35.7 Å². The summed E-state index contributed by atoms with van der Waals surface area (Å²) < 4.78 is 52.2. The van der Waals surface area contributed by atoms with Gasteiger partial charge in [-0.2, -0.15) is 12.8 Å². The molecule has 11 heteroatoms. The summed E-state index contributed by atoms with van der Waals surface area (Å²) in [6, 6.07) is 12.4. The maximum atomic E-state index is 9.95. The SMILES string of the molecule is CC(C(=O)O)S(=O)(=O)O.CCc1c2cc(OC)c(OC)cc2cc2c3cc(OC)c(OC)cc3cc[n+]12. The van der Waals surface area contributed by atoms with Crippen LogP contribution < -0.4 is 23.3 Å². The number of carboxylic acids is 1. The number of fused-ring (bicyclic) bond motifs is 4. The Kier molecular flexibility index (Phi) is 8.29. The number of hydrogen-bond donors (Lipinski definition) is 2. The minimum Gasteiger partial charge on any atom is -0.493 e. The molecule has 198 valence electrons. The number of hydrogen-bond acceptors (Lipinski definition) is 7. The maximum absolute atomic E-state index is 9.95. The Balaban J connectivity index is 0.000000364. The van der Waals surface area contributed by atoms with Crippen molar-refractivity contribution in [2.75, 3.05) is 28.4 Å². The van der Waals surface area contributed by atoms with E-state index in [0.29, 0.717) is 5.75 Å². The summed E-state index contributed by atoms with van der Waals surface area (Å²) in [4.78, 5) is 9.81. The molecule has 2 aromatic heterocycles. The number of methoxy groups -OCH3 is 4. The summed E-state index contributed by atoms with van der Waals surface area (Å²) in [5.74, 6) is 1.34.